The fraction of sp³-hybridized carbons (Fsp3) is 0.0588. The fourth-order valence-electron chi connectivity index (χ4n) is 3.78. The van der Waals surface area contributed by atoms with Gasteiger partial charge in [0.15, 0.2) is 18.2 Å². The van der Waals surface area contributed by atoms with E-state index in [0.717, 1.165) is 6.08 Å². The van der Waals surface area contributed by atoms with Crippen molar-refractivity contribution >= 4 is 29.1 Å². The molecule has 0 aliphatic rings. The van der Waals surface area contributed by atoms with Crippen LogP contribution in [0.15, 0.2) is 128 Å². The molecule has 4 aromatic carbocycles. The van der Waals surface area contributed by atoms with Gasteiger partial charge in [-0.05, 0) is 29.8 Å². The zero-order valence-corrected chi connectivity index (χ0v) is 22.0. The number of hydrogen-bond donors (Lipinski definition) is 0. The Labute approximate surface area is 237 Å². The standard InChI is InChI=1S/C34H26O7/c1-3-30(35)40-31(22-39-29-20-18-28(19-21-29)33(37)26-12-8-5-9-13-26)41-34(38)23(2)24-14-16-27(17-15-24)32(36)25-10-6-4-7-11-25/h3-21,31H,1-2,22H2. The zero-order chi connectivity index (χ0) is 29.2. The molecule has 0 saturated heterocycles. The number of ether oxygens (including phenoxy) is 3. The molecular weight excluding hydrogens is 520 g/mol. The number of hydrogen-bond acceptors (Lipinski definition) is 7. The topological polar surface area (TPSA) is 96.0 Å². The van der Waals surface area contributed by atoms with Crippen LogP contribution in [-0.2, 0) is 19.1 Å². The van der Waals surface area contributed by atoms with Crippen LogP contribution < -0.4 is 4.74 Å². The average molecular weight is 547 g/mol. The van der Waals surface area contributed by atoms with E-state index in [9.17, 15) is 19.2 Å². The van der Waals surface area contributed by atoms with Crippen molar-refractivity contribution in [2.24, 2.45) is 0 Å². The molecule has 0 radical (unpaired) electrons. The first-order valence-corrected chi connectivity index (χ1v) is 12.6. The summed E-state index contributed by atoms with van der Waals surface area (Å²) in [6.07, 6.45) is -0.475. The largest absolute Gasteiger partial charge is 0.486 e. The van der Waals surface area contributed by atoms with Crippen LogP contribution in [0, 0.1) is 0 Å². The smallest absolute Gasteiger partial charge is 0.341 e. The van der Waals surface area contributed by atoms with Crippen molar-refractivity contribution in [3.05, 3.63) is 156 Å². The molecule has 0 fully saturated rings. The molecule has 0 aliphatic heterocycles. The first-order chi connectivity index (χ1) is 19.9. The van der Waals surface area contributed by atoms with Gasteiger partial charge in [0.05, 0.1) is 5.57 Å². The molecule has 4 aromatic rings. The highest BCUT2D eigenvalue weighted by Crippen LogP contribution is 2.20. The maximum atomic E-state index is 12.8. The lowest BCUT2D eigenvalue weighted by molar-refractivity contribution is -0.184. The minimum atomic E-state index is -1.41. The van der Waals surface area contributed by atoms with E-state index < -0.39 is 18.2 Å². The number of carbonyl (C=O) groups excluding carboxylic acids is 4. The molecular formula is C34H26O7. The molecule has 41 heavy (non-hydrogen) atoms. The highest BCUT2D eigenvalue weighted by atomic mass is 16.7. The summed E-state index contributed by atoms with van der Waals surface area (Å²) in [7, 11) is 0. The number of esters is 2. The van der Waals surface area contributed by atoms with Crippen molar-refractivity contribution in [1.29, 1.82) is 0 Å². The molecule has 204 valence electrons. The molecule has 1 atom stereocenters. The molecule has 0 aliphatic carbocycles. The summed E-state index contributed by atoms with van der Waals surface area (Å²) < 4.78 is 16.1. The predicted octanol–water partition coefficient (Wildman–Crippen LogP) is 5.84. The quantitative estimate of drug-likeness (QED) is 0.0953. The SMILES string of the molecule is C=CC(=O)OC(COc1ccc(C(=O)c2ccccc2)cc1)OC(=O)C(=C)c1ccc(C(=O)c2ccccc2)cc1. The summed E-state index contributed by atoms with van der Waals surface area (Å²) in [5.41, 5.74) is 2.44. The molecule has 0 saturated carbocycles. The van der Waals surface area contributed by atoms with E-state index in [1.165, 1.54) is 0 Å². The van der Waals surface area contributed by atoms with Crippen LogP contribution in [0.2, 0.25) is 0 Å². The Balaban J connectivity index is 1.38. The summed E-state index contributed by atoms with van der Waals surface area (Å²) in [6, 6.07) is 30.4. The summed E-state index contributed by atoms with van der Waals surface area (Å²) in [5, 5.41) is 0. The summed E-state index contributed by atoms with van der Waals surface area (Å²) in [5.74, 6) is -1.59. The maximum Gasteiger partial charge on any atom is 0.341 e. The van der Waals surface area contributed by atoms with Crippen LogP contribution in [-0.4, -0.2) is 36.4 Å². The first kappa shape index (κ1) is 28.4. The van der Waals surface area contributed by atoms with Crippen LogP contribution in [0.3, 0.4) is 0 Å². The van der Waals surface area contributed by atoms with E-state index in [1.807, 2.05) is 12.1 Å². The number of benzene rings is 4. The van der Waals surface area contributed by atoms with Crippen LogP contribution in [0.25, 0.3) is 5.57 Å². The lowest BCUT2D eigenvalue weighted by atomic mass is 10.00. The lowest BCUT2D eigenvalue weighted by Gasteiger charge is -2.19. The molecule has 0 aromatic heterocycles. The van der Waals surface area contributed by atoms with Gasteiger partial charge in [-0.3, -0.25) is 9.59 Å². The van der Waals surface area contributed by atoms with Gasteiger partial charge < -0.3 is 14.2 Å². The summed E-state index contributed by atoms with van der Waals surface area (Å²) in [4.78, 5) is 49.9. The Hall–Kier alpha value is -5.56. The number of rotatable bonds is 12. The molecule has 0 N–H and O–H groups in total. The van der Waals surface area contributed by atoms with Gasteiger partial charge in [0.2, 0.25) is 0 Å². The van der Waals surface area contributed by atoms with E-state index in [-0.39, 0.29) is 23.7 Å². The Kier molecular flexibility index (Phi) is 9.36. The Morgan fingerprint density at radius 1 is 0.610 bits per heavy atom. The highest BCUT2D eigenvalue weighted by molar-refractivity contribution is 6.16. The van der Waals surface area contributed by atoms with Crippen molar-refractivity contribution < 1.29 is 33.4 Å². The highest BCUT2D eigenvalue weighted by Gasteiger charge is 2.22. The summed E-state index contributed by atoms with van der Waals surface area (Å²) in [6.45, 7) is 6.82. The minimum absolute atomic E-state index is 0.00728. The minimum Gasteiger partial charge on any atom is -0.486 e. The zero-order valence-electron chi connectivity index (χ0n) is 22.0. The Bertz CT molecular complexity index is 1560. The Morgan fingerprint density at radius 3 is 1.54 bits per heavy atom. The van der Waals surface area contributed by atoms with E-state index in [1.54, 1.807) is 97.1 Å². The van der Waals surface area contributed by atoms with E-state index in [4.69, 9.17) is 14.2 Å². The molecule has 7 heteroatoms. The summed E-state index contributed by atoms with van der Waals surface area (Å²) >= 11 is 0. The van der Waals surface area contributed by atoms with Crippen molar-refractivity contribution in [3.63, 3.8) is 0 Å². The third-order valence-corrected chi connectivity index (χ3v) is 5.97. The van der Waals surface area contributed by atoms with Gasteiger partial charge in [0, 0.05) is 28.3 Å². The normalized spacial score (nSPS) is 11.0. The van der Waals surface area contributed by atoms with E-state index >= 15 is 0 Å². The van der Waals surface area contributed by atoms with Crippen LogP contribution in [0.4, 0.5) is 0 Å². The second-order valence-electron chi connectivity index (χ2n) is 8.76. The molecule has 0 bridgehead atoms. The fourth-order valence-corrected chi connectivity index (χ4v) is 3.78. The Morgan fingerprint density at radius 2 is 1.05 bits per heavy atom. The van der Waals surface area contributed by atoms with Gasteiger partial charge in [-0.1, -0.05) is 98.1 Å². The van der Waals surface area contributed by atoms with Crippen molar-refractivity contribution in [3.8, 4) is 5.75 Å². The third kappa shape index (κ3) is 7.52. The molecule has 1 unspecified atom stereocenters. The van der Waals surface area contributed by atoms with Gasteiger partial charge in [-0.25, -0.2) is 9.59 Å². The van der Waals surface area contributed by atoms with Crippen molar-refractivity contribution in [2.75, 3.05) is 6.61 Å². The van der Waals surface area contributed by atoms with Gasteiger partial charge in [-0.2, -0.15) is 0 Å². The van der Waals surface area contributed by atoms with Gasteiger partial charge >= 0.3 is 11.9 Å². The first-order valence-electron chi connectivity index (χ1n) is 12.6. The van der Waals surface area contributed by atoms with Gasteiger partial charge in [0.1, 0.15) is 5.75 Å². The van der Waals surface area contributed by atoms with Crippen LogP contribution in [0.1, 0.15) is 37.4 Å². The number of carbonyl (C=O) groups is 4. The predicted molar refractivity (Wildman–Crippen MR) is 153 cm³/mol. The second-order valence-corrected chi connectivity index (χ2v) is 8.76. The van der Waals surface area contributed by atoms with Crippen LogP contribution >= 0.6 is 0 Å². The molecule has 0 spiro atoms. The van der Waals surface area contributed by atoms with Gasteiger partial charge in [-0.15, -0.1) is 0 Å². The average Bonchev–Trinajstić information content (AvgIpc) is 3.03. The van der Waals surface area contributed by atoms with Crippen LogP contribution in [0.5, 0.6) is 5.75 Å². The van der Waals surface area contributed by atoms with E-state index in [0.29, 0.717) is 33.6 Å². The molecule has 4 rings (SSSR count). The monoisotopic (exact) mass is 546 g/mol. The lowest BCUT2D eigenvalue weighted by Crippen LogP contribution is -2.30. The molecule has 0 amide bonds. The second kappa shape index (κ2) is 13.5. The van der Waals surface area contributed by atoms with Crippen molar-refractivity contribution in [1.82, 2.24) is 0 Å². The molecule has 7 nitrogen and oxygen atoms in total. The number of ketones is 2. The van der Waals surface area contributed by atoms with Gasteiger partial charge in [0.25, 0.3) is 6.29 Å². The molecule has 0 heterocycles. The van der Waals surface area contributed by atoms with E-state index in [2.05, 4.69) is 13.2 Å². The maximum absolute atomic E-state index is 12.8. The third-order valence-electron chi connectivity index (χ3n) is 5.97. The van der Waals surface area contributed by atoms with Crippen molar-refractivity contribution in [2.45, 2.75) is 6.29 Å².